The lowest BCUT2D eigenvalue weighted by molar-refractivity contribution is 0.0490. The number of aromatic nitrogens is 1. The molecule has 0 aliphatic rings. The van der Waals surface area contributed by atoms with Crippen LogP contribution < -0.4 is 11.3 Å². The first kappa shape index (κ1) is 14.1. The van der Waals surface area contributed by atoms with Gasteiger partial charge in [0.1, 0.15) is 6.61 Å². The number of hydrogen-bond donors (Lipinski definition) is 1. The van der Waals surface area contributed by atoms with E-state index in [-0.39, 0.29) is 17.7 Å². The minimum absolute atomic E-state index is 0.0924. The number of ether oxygens (including phenoxy) is 1. The molecule has 2 rings (SSSR count). The zero-order chi connectivity index (χ0) is 14.5. The lowest BCUT2D eigenvalue weighted by Crippen LogP contribution is -2.21. The first-order valence-corrected chi connectivity index (χ1v) is 6.33. The molecular weight excluding hydrogens is 280 g/mol. The molecule has 0 saturated heterocycles. The minimum Gasteiger partial charge on any atom is -0.460 e. The summed E-state index contributed by atoms with van der Waals surface area (Å²) < 4.78 is 6.54. The van der Waals surface area contributed by atoms with Crippen LogP contribution in [0, 0.1) is 0 Å². The van der Waals surface area contributed by atoms with Gasteiger partial charge in [0.15, 0.2) is 0 Å². The molecule has 0 radical (unpaired) electrons. The van der Waals surface area contributed by atoms with E-state index < -0.39 is 5.97 Å². The summed E-state index contributed by atoms with van der Waals surface area (Å²) in [6.07, 6.45) is 1.63. The smallest absolute Gasteiger partial charge is 0.338 e. The van der Waals surface area contributed by atoms with Crippen molar-refractivity contribution in [3.8, 4) is 0 Å². The number of nitrogens with two attached hydrogens (primary N) is 1. The van der Waals surface area contributed by atoms with Crippen LogP contribution in [0.2, 0.25) is 5.02 Å². The van der Waals surface area contributed by atoms with Crippen LogP contribution in [0.1, 0.15) is 10.4 Å². The van der Waals surface area contributed by atoms with Crippen LogP contribution in [0.4, 0.5) is 5.69 Å². The molecule has 1 aromatic heterocycles. The average Bonchev–Trinajstić information content (AvgIpc) is 2.39. The lowest BCUT2D eigenvalue weighted by atomic mass is 10.2. The van der Waals surface area contributed by atoms with Gasteiger partial charge in [0, 0.05) is 23.0 Å². The summed E-state index contributed by atoms with van der Waals surface area (Å²) in [5.41, 5.74) is 6.14. The molecule has 0 saturated carbocycles. The van der Waals surface area contributed by atoms with Gasteiger partial charge in [-0.15, -0.1) is 0 Å². The Morgan fingerprint density at radius 2 is 2.10 bits per heavy atom. The summed E-state index contributed by atoms with van der Waals surface area (Å²) in [5.74, 6) is -0.525. The zero-order valence-electron chi connectivity index (χ0n) is 10.6. The maximum atomic E-state index is 11.8. The van der Waals surface area contributed by atoms with E-state index in [1.165, 1.54) is 22.8 Å². The molecule has 2 N–H and O–H groups in total. The van der Waals surface area contributed by atoms with Crippen molar-refractivity contribution < 1.29 is 9.53 Å². The maximum Gasteiger partial charge on any atom is 0.338 e. The predicted molar refractivity (Wildman–Crippen MR) is 76.8 cm³/mol. The van der Waals surface area contributed by atoms with Crippen LogP contribution in [0.5, 0.6) is 0 Å². The Morgan fingerprint density at radius 1 is 1.30 bits per heavy atom. The van der Waals surface area contributed by atoms with Gasteiger partial charge in [0.2, 0.25) is 0 Å². The topological polar surface area (TPSA) is 74.3 Å². The van der Waals surface area contributed by atoms with Crippen LogP contribution in [0.15, 0.2) is 47.4 Å². The highest BCUT2D eigenvalue weighted by Crippen LogP contribution is 2.17. The van der Waals surface area contributed by atoms with E-state index in [1.807, 2.05) is 0 Å². The predicted octanol–water partition coefficient (Wildman–Crippen LogP) is 1.94. The third kappa shape index (κ3) is 3.61. The standard InChI is InChI=1S/C14H13ClN2O3/c15-11-7-10(8-12(16)9-11)14(19)20-6-5-17-4-2-1-3-13(17)18/h1-4,7-9H,5-6,16H2. The van der Waals surface area contributed by atoms with Crippen molar-refractivity contribution >= 4 is 23.3 Å². The van der Waals surface area contributed by atoms with Gasteiger partial charge in [0.25, 0.3) is 5.56 Å². The van der Waals surface area contributed by atoms with Crippen molar-refractivity contribution in [3.63, 3.8) is 0 Å². The molecule has 2 aromatic rings. The Kier molecular flexibility index (Phi) is 4.42. The number of carbonyl (C=O) groups excluding carboxylic acids is 1. The number of hydrogen-bond acceptors (Lipinski definition) is 4. The minimum atomic E-state index is -0.525. The summed E-state index contributed by atoms with van der Waals surface area (Å²) in [6.45, 7) is 0.386. The molecule has 6 heteroatoms. The highest BCUT2D eigenvalue weighted by atomic mass is 35.5. The largest absolute Gasteiger partial charge is 0.460 e. The van der Waals surface area contributed by atoms with Gasteiger partial charge in [-0.05, 0) is 24.3 Å². The van der Waals surface area contributed by atoms with Crippen molar-refractivity contribution in [2.75, 3.05) is 12.3 Å². The van der Waals surface area contributed by atoms with Gasteiger partial charge in [-0.25, -0.2) is 4.79 Å². The second kappa shape index (κ2) is 6.25. The van der Waals surface area contributed by atoms with Crippen molar-refractivity contribution in [2.45, 2.75) is 6.54 Å². The first-order chi connectivity index (χ1) is 9.56. The molecule has 5 nitrogen and oxygen atoms in total. The fourth-order valence-corrected chi connectivity index (χ4v) is 1.94. The average molecular weight is 293 g/mol. The van der Waals surface area contributed by atoms with E-state index in [4.69, 9.17) is 22.1 Å². The van der Waals surface area contributed by atoms with E-state index in [0.29, 0.717) is 17.3 Å². The Labute approximate surface area is 120 Å². The fraction of sp³-hybridized carbons (Fsp3) is 0.143. The van der Waals surface area contributed by atoms with Crippen LogP contribution in [-0.4, -0.2) is 17.1 Å². The molecule has 0 amide bonds. The summed E-state index contributed by atoms with van der Waals surface area (Å²) in [6, 6.07) is 9.35. The first-order valence-electron chi connectivity index (χ1n) is 5.95. The number of nitrogens with zero attached hydrogens (tertiary/aromatic N) is 1. The van der Waals surface area contributed by atoms with Gasteiger partial charge < -0.3 is 15.0 Å². The summed E-state index contributed by atoms with van der Waals surface area (Å²) >= 11 is 5.81. The SMILES string of the molecule is Nc1cc(Cl)cc(C(=O)OCCn2ccccc2=O)c1. The molecule has 0 atom stereocenters. The maximum absolute atomic E-state index is 11.8. The number of carbonyl (C=O) groups is 1. The van der Waals surface area contributed by atoms with E-state index in [0.717, 1.165) is 0 Å². The third-order valence-corrected chi connectivity index (χ3v) is 2.84. The highest BCUT2D eigenvalue weighted by molar-refractivity contribution is 6.31. The van der Waals surface area contributed by atoms with Crippen molar-refractivity contribution in [2.24, 2.45) is 0 Å². The molecule has 104 valence electrons. The molecule has 20 heavy (non-hydrogen) atoms. The fourth-order valence-electron chi connectivity index (χ4n) is 1.70. The Bertz CT molecular complexity index is 662. The monoisotopic (exact) mass is 292 g/mol. The van der Waals surface area contributed by atoms with Crippen LogP contribution in [0.3, 0.4) is 0 Å². The highest BCUT2D eigenvalue weighted by Gasteiger charge is 2.09. The van der Waals surface area contributed by atoms with Crippen LogP contribution in [0.25, 0.3) is 0 Å². The van der Waals surface area contributed by atoms with Gasteiger partial charge in [-0.1, -0.05) is 17.7 Å². The molecular formula is C14H13ClN2O3. The molecule has 0 fully saturated rings. The number of halogens is 1. The van der Waals surface area contributed by atoms with E-state index in [1.54, 1.807) is 24.4 Å². The second-order valence-electron chi connectivity index (χ2n) is 4.14. The van der Waals surface area contributed by atoms with E-state index in [2.05, 4.69) is 0 Å². The number of benzene rings is 1. The molecule has 0 bridgehead atoms. The Morgan fingerprint density at radius 3 is 2.80 bits per heavy atom. The Hall–Kier alpha value is -2.27. The normalized spacial score (nSPS) is 10.2. The molecule has 0 unspecified atom stereocenters. The summed E-state index contributed by atoms with van der Waals surface area (Å²) in [7, 11) is 0. The second-order valence-corrected chi connectivity index (χ2v) is 4.58. The van der Waals surface area contributed by atoms with E-state index in [9.17, 15) is 9.59 Å². The van der Waals surface area contributed by atoms with Gasteiger partial charge in [-0.3, -0.25) is 4.79 Å². The molecule has 0 spiro atoms. The van der Waals surface area contributed by atoms with Crippen molar-refractivity contribution in [3.05, 3.63) is 63.5 Å². The van der Waals surface area contributed by atoms with Crippen LogP contribution >= 0.6 is 11.6 Å². The van der Waals surface area contributed by atoms with Crippen LogP contribution in [-0.2, 0) is 11.3 Å². The van der Waals surface area contributed by atoms with Crippen molar-refractivity contribution in [1.29, 1.82) is 0 Å². The van der Waals surface area contributed by atoms with Crippen molar-refractivity contribution in [1.82, 2.24) is 4.57 Å². The lowest BCUT2D eigenvalue weighted by Gasteiger charge is -2.07. The number of anilines is 1. The molecule has 1 heterocycles. The number of pyridine rings is 1. The number of nitrogen functional groups attached to an aromatic ring is 1. The van der Waals surface area contributed by atoms with Gasteiger partial charge in [-0.2, -0.15) is 0 Å². The zero-order valence-corrected chi connectivity index (χ0v) is 11.3. The van der Waals surface area contributed by atoms with Gasteiger partial charge >= 0.3 is 5.97 Å². The molecule has 0 aliphatic carbocycles. The Balaban J connectivity index is 1.96. The number of rotatable bonds is 4. The summed E-state index contributed by atoms with van der Waals surface area (Å²) in [5, 5.41) is 0.372. The number of esters is 1. The van der Waals surface area contributed by atoms with Gasteiger partial charge in [0.05, 0.1) is 12.1 Å². The quantitative estimate of drug-likeness (QED) is 0.690. The third-order valence-electron chi connectivity index (χ3n) is 2.62. The summed E-state index contributed by atoms with van der Waals surface area (Å²) in [4.78, 5) is 23.2. The molecule has 1 aromatic carbocycles. The molecule has 0 aliphatic heterocycles. The van der Waals surface area contributed by atoms with E-state index >= 15 is 0 Å².